The minimum Gasteiger partial charge on any atom is -0.506 e. The molecule has 0 saturated carbocycles. The molecule has 7 nitrogen and oxygen atoms in total. The second-order valence-corrected chi connectivity index (χ2v) is 9.15. The largest absolute Gasteiger partial charge is 0.506 e. The first-order chi connectivity index (χ1) is 9.73. The van der Waals surface area contributed by atoms with Crippen molar-refractivity contribution < 1.29 is 26.7 Å². The van der Waals surface area contributed by atoms with Crippen molar-refractivity contribution in [1.82, 2.24) is 0 Å². The van der Waals surface area contributed by atoms with E-state index in [1.165, 1.54) is 25.3 Å². The van der Waals surface area contributed by atoms with Crippen LogP contribution in [0.5, 0.6) is 11.5 Å². The zero-order valence-corrected chi connectivity index (χ0v) is 13.1. The number of hydrogen-bond acceptors (Lipinski definition) is 6. The number of aromatic hydroxyl groups is 1. The maximum absolute atomic E-state index is 12.3. The molecule has 2 N–H and O–H groups in total. The lowest BCUT2D eigenvalue weighted by Gasteiger charge is -2.23. The van der Waals surface area contributed by atoms with Crippen molar-refractivity contribution in [3.05, 3.63) is 18.2 Å². The van der Waals surface area contributed by atoms with Gasteiger partial charge in [0.2, 0.25) is 10.0 Å². The summed E-state index contributed by atoms with van der Waals surface area (Å²) in [5.74, 6) is -0.0924. The van der Waals surface area contributed by atoms with E-state index < -0.39 is 25.1 Å². The molecule has 0 unspecified atom stereocenters. The Morgan fingerprint density at radius 3 is 2.48 bits per heavy atom. The molecule has 0 radical (unpaired) electrons. The fourth-order valence-corrected chi connectivity index (χ4v) is 5.42. The van der Waals surface area contributed by atoms with Crippen molar-refractivity contribution in [2.24, 2.45) is 0 Å². The van der Waals surface area contributed by atoms with Gasteiger partial charge in [0.1, 0.15) is 21.3 Å². The number of rotatable bonds is 4. The van der Waals surface area contributed by atoms with Gasteiger partial charge in [0.25, 0.3) is 0 Å². The fourth-order valence-electron chi connectivity index (χ4n) is 2.14. The van der Waals surface area contributed by atoms with E-state index in [0.29, 0.717) is 5.75 Å². The summed E-state index contributed by atoms with van der Waals surface area (Å²) in [5, 5.41) is 8.91. The number of sulfone groups is 1. The van der Waals surface area contributed by atoms with Crippen LogP contribution in [0.15, 0.2) is 18.2 Å². The van der Waals surface area contributed by atoms with Crippen LogP contribution in [0.25, 0.3) is 0 Å². The van der Waals surface area contributed by atoms with Crippen LogP contribution in [0, 0.1) is 0 Å². The SMILES string of the molecule is COc1ccc(O)c(NS(=O)(=O)C2CCS(=O)(=O)CC2)c1. The van der Waals surface area contributed by atoms with E-state index in [9.17, 15) is 21.9 Å². The molecule has 1 aromatic carbocycles. The van der Waals surface area contributed by atoms with E-state index in [-0.39, 0.29) is 35.8 Å². The van der Waals surface area contributed by atoms with E-state index in [0.717, 1.165) is 0 Å². The van der Waals surface area contributed by atoms with Crippen LogP contribution >= 0.6 is 0 Å². The summed E-state index contributed by atoms with van der Waals surface area (Å²) in [6.07, 6.45) is 0.116. The van der Waals surface area contributed by atoms with Crippen LogP contribution in [0.1, 0.15) is 12.8 Å². The summed E-state index contributed by atoms with van der Waals surface area (Å²) in [7, 11) is -5.47. The summed E-state index contributed by atoms with van der Waals surface area (Å²) < 4.78 is 54.5. The van der Waals surface area contributed by atoms with Crippen LogP contribution in [0.2, 0.25) is 0 Å². The molecule has 0 amide bonds. The molecule has 1 aliphatic rings. The van der Waals surface area contributed by atoms with Crippen LogP contribution in [0.4, 0.5) is 5.69 Å². The highest BCUT2D eigenvalue weighted by Crippen LogP contribution is 2.30. The molecule has 1 saturated heterocycles. The van der Waals surface area contributed by atoms with Gasteiger partial charge < -0.3 is 9.84 Å². The topological polar surface area (TPSA) is 110 Å². The zero-order chi connectivity index (χ0) is 15.7. The standard InChI is InChI=1S/C12H17NO6S2/c1-19-9-2-3-12(14)11(8-9)13-21(17,18)10-4-6-20(15,16)7-5-10/h2-3,8,10,13-14H,4-7H2,1H3. The predicted molar refractivity (Wildman–Crippen MR) is 78.9 cm³/mol. The Balaban J connectivity index is 2.18. The third kappa shape index (κ3) is 3.79. The van der Waals surface area contributed by atoms with Crippen LogP contribution in [-0.4, -0.2) is 45.8 Å². The smallest absolute Gasteiger partial charge is 0.235 e. The number of phenolic OH excluding ortho intramolecular Hbond substituents is 1. The lowest BCUT2D eigenvalue weighted by molar-refractivity contribution is 0.413. The van der Waals surface area contributed by atoms with Gasteiger partial charge in [-0.2, -0.15) is 0 Å². The zero-order valence-electron chi connectivity index (χ0n) is 11.4. The summed E-state index contributed by atoms with van der Waals surface area (Å²) in [4.78, 5) is 0. The van der Waals surface area contributed by atoms with Crippen molar-refractivity contribution in [2.75, 3.05) is 23.3 Å². The quantitative estimate of drug-likeness (QED) is 0.785. The highest BCUT2D eigenvalue weighted by Gasteiger charge is 2.33. The lowest BCUT2D eigenvalue weighted by Crippen LogP contribution is -2.36. The average molecular weight is 335 g/mol. The van der Waals surface area contributed by atoms with Crippen LogP contribution in [-0.2, 0) is 19.9 Å². The summed E-state index contributed by atoms with van der Waals surface area (Å²) in [6, 6.07) is 4.19. The molecule has 9 heteroatoms. The van der Waals surface area contributed by atoms with Gasteiger partial charge in [-0.3, -0.25) is 4.72 Å². The molecular weight excluding hydrogens is 318 g/mol. The molecule has 0 aliphatic carbocycles. The molecular formula is C12H17NO6S2. The monoisotopic (exact) mass is 335 g/mol. The molecule has 1 aliphatic heterocycles. The Morgan fingerprint density at radius 1 is 1.29 bits per heavy atom. The Labute approximate surface area is 123 Å². The number of nitrogens with one attached hydrogen (secondary N) is 1. The molecule has 1 heterocycles. The van der Waals surface area contributed by atoms with E-state index in [2.05, 4.69) is 4.72 Å². The molecule has 0 atom stereocenters. The number of phenols is 1. The Hall–Kier alpha value is -1.48. The van der Waals surface area contributed by atoms with Gasteiger partial charge in [-0.15, -0.1) is 0 Å². The molecule has 1 fully saturated rings. The van der Waals surface area contributed by atoms with Crippen molar-refractivity contribution in [3.8, 4) is 11.5 Å². The number of sulfonamides is 1. The van der Waals surface area contributed by atoms with E-state index in [1.807, 2.05) is 0 Å². The number of benzene rings is 1. The molecule has 0 bridgehead atoms. The maximum Gasteiger partial charge on any atom is 0.235 e. The second kappa shape index (κ2) is 5.72. The first kappa shape index (κ1) is 15.9. The Bertz CT molecular complexity index is 712. The van der Waals surface area contributed by atoms with Gasteiger partial charge in [-0.1, -0.05) is 0 Å². The van der Waals surface area contributed by atoms with Crippen molar-refractivity contribution in [3.63, 3.8) is 0 Å². The van der Waals surface area contributed by atoms with E-state index in [4.69, 9.17) is 4.74 Å². The number of anilines is 1. The normalized spacial score (nSPS) is 19.1. The Morgan fingerprint density at radius 2 is 1.90 bits per heavy atom. The fraction of sp³-hybridized carbons (Fsp3) is 0.500. The first-order valence-electron chi connectivity index (χ1n) is 6.32. The summed E-state index contributed by atoms with van der Waals surface area (Å²) in [6.45, 7) is 0. The first-order valence-corrected chi connectivity index (χ1v) is 9.69. The Kier molecular flexibility index (Phi) is 4.33. The molecule has 0 aromatic heterocycles. The van der Waals surface area contributed by atoms with Gasteiger partial charge in [0.05, 0.1) is 29.6 Å². The molecule has 21 heavy (non-hydrogen) atoms. The highest BCUT2D eigenvalue weighted by molar-refractivity contribution is 7.94. The lowest BCUT2D eigenvalue weighted by atomic mass is 10.2. The second-order valence-electron chi connectivity index (χ2n) is 4.88. The van der Waals surface area contributed by atoms with Gasteiger partial charge in [0.15, 0.2) is 0 Å². The van der Waals surface area contributed by atoms with Gasteiger partial charge in [-0.25, -0.2) is 16.8 Å². The summed E-state index contributed by atoms with van der Waals surface area (Å²) in [5.41, 5.74) is 0.0165. The summed E-state index contributed by atoms with van der Waals surface area (Å²) >= 11 is 0. The van der Waals surface area contributed by atoms with Crippen molar-refractivity contribution in [1.29, 1.82) is 0 Å². The number of hydrogen-bond donors (Lipinski definition) is 2. The van der Waals surface area contributed by atoms with Crippen LogP contribution in [0.3, 0.4) is 0 Å². The maximum atomic E-state index is 12.3. The van der Waals surface area contributed by atoms with Gasteiger partial charge in [-0.05, 0) is 25.0 Å². The molecule has 0 spiro atoms. The average Bonchev–Trinajstić information content (AvgIpc) is 2.40. The third-order valence-corrected chi connectivity index (χ3v) is 6.97. The molecule has 118 valence electrons. The highest BCUT2D eigenvalue weighted by atomic mass is 32.2. The number of ether oxygens (including phenoxy) is 1. The minimum absolute atomic E-state index is 0.0165. The molecule has 1 aromatic rings. The predicted octanol–water partition coefficient (Wildman–Crippen LogP) is 0.720. The third-order valence-electron chi connectivity index (χ3n) is 3.40. The molecule has 2 rings (SSSR count). The van der Waals surface area contributed by atoms with Crippen molar-refractivity contribution >= 4 is 25.5 Å². The van der Waals surface area contributed by atoms with E-state index in [1.54, 1.807) is 0 Å². The number of methoxy groups -OCH3 is 1. The van der Waals surface area contributed by atoms with Gasteiger partial charge in [0, 0.05) is 6.07 Å². The van der Waals surface area contributed by atoms with Crippen molar-refractivity contribution in [2.45, 2.75) is 18.1 Å². The van der Waals surface area contributed by atoms with Gasteiger partial charge >= 0.3 is 0 Å². The van der Waals surface area contributed by atoms with Crippen LogP contribution < -0.4 is 9.46 Å². The van der Waals surface area contributed by atoms with E-state index >= 15 is 0 Å². The minimum atomic E-state index is -3.76.